The maximum absolute atomic E-state index is 13.7. The molecule has 2 fully saturated rings. The first-order valence-corrected chi connectivity index (χ1v) is 8.03. The van der Waals surface area contributed by atoms with Gasteiger partial charge in [-0.1, -0.05) is 12.1 Å². The highest BCUT2D eigenvalue weighted by Gasteiger charge is 2.47. The summed E-state index contributed by atoms with van der Waals surface area (Å²) >= 11 is 0. The number of nitrogens with zero attached hydrogens (tertiary/aromatic N) is 2. The van der Waals surface area contributed by atoms with Crippen LogP contribution in [0.2, 0.25) is 0 Å². The number of benzene rings is 1. The topological polar surface area (TPSA) is 37.3 Å². The van der Waals surface area contributed by atoms with E-state index in [2.05, 4.69) is 5.32 Å². The Labute approximate surface area is 134 Å². The number of hydrogen-bond donors (Lipinski definition) is 1. The zero-order valence-electron chi connectivity index (χ0n) is 13.1. The molecule has 4 rings (SSSR count). The molecule has 23 heavy (non-hydrogen) atoms. The van der Waals surface area contributed by atoms with Crippen molar-refractivity contribution in [2.45, 2.75) is 6.04 Å². The van der Waals surface area contributed by atoms with Gasteiger partial charge >= 0.3 is 0 Å². The van der Waals surface area contributed by atoms with Crippen molar-refractivity contribution in [3.05, 3.63) is 59.7 Å². The second kappa shape index (κ2) is 5.49. The van der Waals surface area contributed by atoms with Gasteiger partial charge in [-0.05, 0) is 35.7 Å². The molecule has 5 heteroatoms. The van der Waals surface area contributed by atoms with Crippen LogP contribution in [0.4, 0.5) is 4.39 Å². The summed E-state index contributed by atoms with van der Waals surface area (Å²) in [6.07, 6.45) is 1.88. The van der Waals surface area contributed by atoms with E-state index in [4.69, 9.17) is 0 Å². The monoisotopic (exact) mass is 313 g/mol. The van der Waals surface area contributed by atoms with Crippen molar-refractivity contribution >= 4 is 5.91 Å². The van der Waals surface area contributed by atoms with Crippen LogP contribution in [-0.4, -0.2) is 35.0 Å². The SMILES string of the molecule is Cn1cccc1C(=O)N1C[C@@H]2CNC[C@@H]2[C@H]1c1cccc(F)c1. The molecular formula is C18H20FN3O. The summed E-state index contributed by atoms with van der Waals surface area (Å²) in [4.78, 5) is 15.0. The molecule has 2 aliphatic rings. The Hall–Kier alpha value is -2.14. The molecular weight excluding hydrogens is 293 g/mol. The van der Waals surface area contributed by atoms with E-state index in [0.29, 0.717) is 17.5 Å². The summed E-state index contributed by atoms with van der Waals surface area (Å²) < 4.78 is 15.6. The van der Waals surface area contributed by atoms with E-state index in [1.165, 1.54) is 6.07 Å². The second-order valence-electron chi connectivity index (χ2n) is 6.54. The largest absolute Gasteiger partial charge is 0.347 e. The quantitative estimate of drug-likeness (QED) is 0.923. The van der Waals surface area contributed by atoms with E-state index in [-0.39, 0.29) is 17.8 Å². The molecule has 0 saturated carbocycles. The number of carbonyl (C=O) groups is 1. The second-order valence-corrected chi connectivity index (χ2v) is 6.54. The van der Waals surface area contributed by atoms with Crippen molar-refractivity contribution in [1.29, 1.82) is 0 Å². The first kappa shape index (κ1) is 14.5. The van der Waals surface area contributed by atoms with E-state index in [0.717, 1.165) is 25.2 Å². The van der Waals surface area contributed by atoms with Gasteiger partial charge in [0.2, 0.25) is 0 Å². The third-order valence-electron chi connectivity index (χ3n) is 5.18. The minimum absolute atomic E-state index is 0.0289. The van der Waals surface area contributed by atoms with Gasteiger partial charge in [-0.15, -0.1) is 0 Å². The summed E-state index contributed by atoms with van der Waals surface area (Å²) in [7, 11) is 1.88. The van der Waals surface area contributed by atoms with E-state index in [1.807, 2.05) is 40.9 Å². The molecule has 2 saturated heterocycles. The van der Waals surface area contributed by atoms with Crippen molar-refractivity contribution in [2.75, 3.05) is 19.6 Å². The van der Waals surface area contributed by atoms with Crippen LogP contribution in [0.3, 0.4) is 0 Å². The highest BCUT2D eigenvalue weighted by Crippen LogP contribution is 2.43. The van der Waals surface area contributed by atoms with Gasteiger partial charge in [-0.3, -0.25) is 4.79 Å². The van der Waals surface area contributed by atoms with Crippen LogP contribution in [0.25, 0.3) is 0 Å². The fraction of sp³-hybridized carbons (Fsp3) is 0.389. The number of halogens is 1. The lowest BCUT2D eigenvalue weighted by atomic mass is 9.89. The predicted octanol–water partition coefficient (Wildman–Crippen LogP) is 2.20. The van der Waals surface area contributed by atoms with Crippen LogP contribution < -0.4 is 5.32 Å². The number of amides is 1. The summed E-state index contributed by atoms with van der Waals surface area (Å²) in [5.41, 5.74) is 1.57. The highest BCUT2D eigenvalue weighted by molar-refractivity contribution is 5.93. The fourth-order valence-corrected chi connectivity index (χ4v) is 4.08. The third kappa shape index (κ3) is 2.36. The Kier molecular flexibility index (Phi) is 3.45. The molecule has 2 aliphatic heterocycles. The standard InChI is InChI=1S/C18H20FN3O/c1-21-7-3-6-16(21)18(23)22-11-13-9-20-10-15(13)17(22)12-4-2-5-14(19)8-12/h2-8,13,15,17,20H,9-11H2,1H3/t13-,15-,17+/m0/s1. The molecule has 3 heterocycles. The van der Waals surface area contributed by atoms with Crippen LogP contribution in [0.1, 0.15) is 22.1 Å². The molecule has 120 valence electrons. The molecule has 0 spiro atoms. The third-order valence-corrected chi connectivity index (χ3v) is 5.18. The molecule has 3 atom stereocenters. The summed E-state index contributed by atoms with van der Waals surface area (Å²) in [5.74, 6) is 0.567. The Morgan fingerprint density at radius 3 is 2.87 bits per heavy atom. The number of rotatable bonds is 2. The maximum Gasteiger partial charge on any atom is 0.270 e. The van der Waals surface area contributed by atoms with Crippen LogP contribution in [-0.2, 0) is 7.05 Å². The van der Waals surface area contributed by atoms with Crippen LogP contribution >= 0.6 is 0 Å². The highest BCUT2D eigenvalue weighted by atomic mass is 19.1. The summed E-state index contributed by atoms with van der Waals surface area (Å²) in [6, 6.07) is 10.3. The van der Waals surface area contributed by atoms with E-state index in [1.54, 1.807) is 12.1 Å². The van der Waals surface area contributed by atoms with Gasteiger partial charge in [0.1, 0.15) is 11.5 Å². The number of likely N-dealkylation sites (tertiary alicyclic amines) is 1. The minimum Gasteiger partial charge on any atom is -0.347 e. The van der Waals surface area contributed by atoms with Crippen LogP contribution in [0, 0.1) is 17.7 Å². The summed E-state index contributed by atoms with van der Waals surface area (Å²) in [5, 5.41) is 3.41. The van der Waals surface area contributed by atoms with Gasteiger partial charge in [0.05, 0.1) is 6.04 Å². The average Bonchev–Trinajstić information content (AvgIpc) is 3.21. The number of nitrogens with one attached hydrogen (secondary N) is 1. The molecule has 0 aliphatic carbocycles. The molecule has 1 aromatic heterocycles. The van der Waals surface area contributed by atoms with Crippen molar-refractivity contribution in [2.24, 2.45) is 18.9 Å². The first-order valence-electron chi connectivity index (χ1n) is 8.03. The van der Waals surface area contributed by atoms with Gasteiger partial charge in [0, 0.05) is 38.8 Å². The molecule has 4 nitrogen and oxygen atoms in total. The lowest BCUT2D eigenvalue weighted by Gasteiger charge is -2.28. The van der Waals surface area contributed by atoms with Crippen molar-refractivity contribution in [1.82, 2.24) is 14.8 Å². The predicted molar refractivity (Wildman–Crippen MR) is 85.4 cm³/mol. The Morgan fingerprint density at radius 1 is 1.26 bits per heavy atom. The molecule has 0 unspecified atom stereocenters. The lowest BCUT2D eigenvalue weighted by Crippen LogP contribution is -2.35. The fourth-order valence-electron chi connectivity index (χ4n) is 4.08. The smallest absolute Gasteiger partial charge is 0.270 e. The van der Waals surface area contributed by atoms with Crippen LogP contribution in [0.15, 0.2) is 42.6 Å². The maximum atomic E-state index is 13.7. The molecule has 0 bridgehead atoms. The van der Waals surface area contributed by atoms with Crippen molar-refractivity contribution in [3.8, 4) is 0 Å². The van der Waals surface area contributed by atoms with Gasteiger partial charge in [-0.2, -0.15) is 0 Å². The molecule has 1 N–H and O–H groups in total. The Morgan fingerprint density at radius 2 is 2.13 bits per heavy atom. The van der Waals surface area contributed by atoms with Gasteiger partial charge in [0.25, 0.3) is 5.91 Å². The molecule has 0 radical (unpaired) electrons. The number of carbonyl (C=O) groups excluding carboxylic acids is 1. The normalized spacial score (nSPS) is 26.5. The average molecular weight is 313 g/mol. The lowest BCUT2D eigenvalue weighted by molar-refractivity contribution is 0.0704. The van der Waals surface area contributed by atoms with E-state index >= 15 is 0 Å². The molecule has 1 aromatic carbocycles. The van der Waals surface area contributed by atoms with E-state index in [9.17, 15) is 9.18 Å². The van der Waals surface area contributed by atoms with Gasteiger partial charge < -0.3 is 14.8 Å². The van der Waals surface area contributed by atoms with Gasteiger partial charge in [0.15, 0.2) is 0 Å². The van der Waals surface area contributed by atoms with Gasteiger partial charge in [-0.25, -0.2) is 4.39 Å². The Balaban J connectivity index is 1.73. The minimum atomic E-state index is -0.247. The van der Waals surface area contributed by atoms with Crippen molar-refractivity contribution in [3.63, 3.8) is 0 Å². The zero-order valence-corrected chi connectivity index (χ0v) is 13.1. The number of aryl methyl sites for hydroxylation is 1. The van der Waals surface area contributed by atoms with Crippen LogP contribution in [0.5, 0.6) is 0 Å². The van der Waals surface area contributed by atoms with Crippen molar-refractivity contribution < 1.29 is 9.18 Å². The number of hydrogen-bond acceptors (Lipinski definition) is 2. The first-order chi connectivity index (χ1) is 11.1. The molecule has 1 amide bonds. The Bertz CT molecular complexity index is 741. The van der Waals surface area contributed by atoms with E-state index < -0.39 is 0 Å². The number of fused-ring (bicyclic) bond motifs is 1. The summed E-state index contributed by atoms with van der Waals surface area (Å²) in [6.45, 7) is 2.53. The number of aromatic nitrogens is 1. The molecule has 2 aromatic rings. The zero-order chi connectivity index (χ0) is 16.0.